The summed E-state index contributed by atoms with van der Waals surface area (Å²) in [7, 11) is 1.20. The molecule has 0 spiro atoms. The molecule has 0 saturated heterocycles. The molecule has 0 aliphatic carbocycles. The second-order valence-corrected chi connectivity index (χ2v) is 4.77. The minimum Gasteiger partial charge on any atom is -0.468 e. The summed E-state index contributed by atoms with van der Waals surface area (Å²) < 4.78 is 15.2. The number of carbonyl (C=O) groups excluding carboxylic acids is 3. The van der Waals surface area contributed by atoms with Gasteiger partial charge in [0, 0.05) is 5.70 Å². The summed E-state index contributed by atoms with van der Waals surface area (Å²) in [6, 6.07) is 3.25. The van der Waals surface area contributed by atoms with Crippen LogP contribution in [0.25, 0.3) is 0 Å². The Balaban J connectivity index is 2.65. The normalized spacial score (nSPS) is 17.6. The Morgan fingerprint density at radius 1 is 1.35 bits per heavy atom. The number of methoxy groups -OCH3 is 1. The highest BCUT2D eigenvalue weighted by molar-refractivity contribution is 6.03. The summed E-state index contributed by atoms with van der Waals surface area (Å²) in [4.78, 5) is 35.9. The van der Waals surface area contributed by atoms with Gasteiger partial charge in [0.2, 0.25) is 0 Å². The molecule has 23 heavy (non-hydrogen) atoms. The molecule has 1 N–H and O–H groups in total. The van der Waals surface area contributed by atoms with Gasteiger partial charge in [0.25, 0.3) is 0 Å². The predicted octanol–water partition coefficient (Wildman–Crippen LogP) is 1.43. The molecule has 1 aliphatic rings. The van der Waals surface area contributed by atoms with E-state index in [-0.39, 0.29) is 23.5 Å². The van der Waals surface area contributed by atoms with E-state index in [9.17, 15) is 14.4 Å². The van der Waals surface area contributed by atoms with Crippen molar-refractivity contribution in [3.8, 4) is 0 Å². The van der Waals surface area contributed by atoms with Crippen molar-refractivity contribution in [1.29, 1.82) is 0 Å². The van der Waals surface area contributed by atoms with E-state index in [0.717, 1.165) is 0 Å². The van der Waals surface area contributed by atoms with Crippen LogP contribution in [0.1, 0.15) is 25.5 Å². The lowest BCUT2D eigenvalue weighted by Crippen LogP contribution is -2.33. The Kier molecular flexibility index (Phi) is 5.00. The van der Waals surface area contributed by atoms with Gasteiger partial charge in [0.05, 0.1) is 42.7 Å². The van der Waals surface area contributed by atoms with Gasteiger partial charge in [-0.2, -0.15) is 0 Å². The van der Waals surface area contributed by atoms with Crippen molar-refractivity contribution in [2.75, 3.05) is 13.7 Å². The van der Waals surface area contributed by atoms with E-state index in [1.165, 1.54) is 13.4 Å². The van der Waals surface area contributed by atoms with E-state index in [4.69, 9.17) is 13.9 Å². The third kappa shape index (κ3) is 3.03. The molecule has 0 bridgehead atoms. The number of dihydropyridines is 1. The standard InChI is InChI=1S/C16H17NO6/c1-4-22-16(20)12-9(2)17-10(8-18)13(15(19)21-3)14(12)11-6-5-7-23-11/h5-8,14,17H,4H2,1-3H3. The zero-order valence-electron chi connectivity index (χ0n) is 13.0. The largest absolute Gasteiger partial charge is 0.468 e. The average Bonchev–Trinajstić information content (AvgIpc) is 3.07. The van der Waals surface area contributed by atoms with E-state index in [2.05, 4.69) is 5.32 Å². The van der Waals surface area contributed by atoms with Gasteiger partial charge in [-0.3, -0.25) is 4.79 Å². The topological polar surface area (TPSA) is 94.8 Å². The number of rotatable bonds is 5. The maximum atomic E-state index is 12.3. The Morgan fingerprint density at radius 3 is 2.61 bits per heavy atom. The van der Waals surface area contributed by atoms with Crippen molar-refractivity contribution in [2.24, 2.45) is 0 Å². The quantitative estimate of drug-likeness (QED) is 0.648. The van der Waals surface area contributed by atoms with Crippen LogP contribution in [0.5, 0.6) is 0 Å². The first-order valence-corrected chi connectivity index (χ1v) is 7.01. The van der Waals surface area contributed by atoms with Gasteiger partial charge >= 0.3 is 11.9 Å². The molecule has 2 rings (SSSR count). The Labute approximate surface area is 132 Å². The smallest absolute Gasteiger partial charge is 0.337 e. The van der Waals surface area contributed by atoms with Crippen LogP contribution >= 0.6 is 0 Å². The van der Waals surface area contributed by atoms with Gasteiger partial charge in [0.15, 0.2) is 6.29 Å². The van der Waals surface area contributed by atoms with Crippen LogP contribution < -0.4 is 5.32 Å². The fraction of sp³-hybridized carbons (Fsp3) is 0.312. The van der Waals surface area contributed by atoms with Crippen molar-refractivity contribution in [1.82, 2.24) is 5.32 Å². The summed E-state index contributed by atoms with van der Waals surface area (Å²) in [5.41, 5.74) is 0.655. The lowest BCUT2D eigenvalue weighted by molar-refractivity contribution is -0.139. The summed E-state index contributed by atoms with van der Waals surface area (Å²) >= 11 is 0. The van der Waals surface area contributed by atoms with Crippen molar-refractivity contribution in [2.45, 2.75) is 19.8 Å². The van der Waals surface area contributed by atoms with Crippen molar-refractivity contribution >= 4 is 18.2 Å². The predicted molar refractivity (Wildman–Crippen MR) is 79.0 cm³/mol. The number of hydrogen-bond donors (Lipinski definition) is 1. The third-order valence-corrected chi connectivity index (χ3v) is 3.44. The average molecular weight is 319 g/mol. The minimum absolute atomic E-state index is 0.00565. The first kappa shape index (κ1) is 16.5. The maximum absolute atomic E-state index is 12.3. The van der Waals surface area contributed by atoms with E-state index in [1.807, 2.05) is 0 Å². The summed E-state index contributed by atoms with van der Waals surface area (Å²) in [6.07, 6.45) is 1.93. The Hall–Kier alpha value is -2.83. The molecule has 0 fully saturated rings. The molecular weight excluding hydrogens is 302 g/mol. The Bertz CT molecular complexity index is 683. The highest BCUT2D eigenvalue weighted by Gasteiger charge is 2.40. The first-order valence-electron chi connectivity index (χ1n) is 7.01. The second-order valence-electron chi connectivity index (χ2n) is 4.77. The van der Waals surface area contributed by atoms with Gasteiger partial charge < -0.3 is 19.2 Å². The SMILES string of the molecule is CCOC(=O)C1=C(C)NC(C=O)=C(C(=O)OC)C1c1ccco1. The molecule has 0 aromatic carbocycles. The van der Waals surface area contributed by atoms with Crippen LogP contribution in [0.4, 0.5) is 0 Å². The van der Waals surface area contributed by atoms with Crippen LogP contribution in [0.3, 0.4) is 0 Å². The Morgan fingerprint density at radius 2 is 2.09 bits per heavy atom. The fourth-order valence-electron chi connectivity index (χ4n) is 2.50. The summed E-state index contributed by atoms with van der Waals surface area (Å²) in [5, 5.41) is 2.76. The molecule has 122 valence electrons. The van der Waals surface area contributed by atoms with Gasteiger partial charge in [-0.1, -0.05) is 0 Å². The molecular formula is C16H17NO6. The highest BCUT2D eigenvalue weighted by atomic mass is 16.5. The number of hydrogen-bond acceptors (Lipinski definition) is 7. The molecule has 1 unspecified atom stereocenters. The number of nitrogens with one attached hydrogen (secondary N) is 1. The summed E-state index contributed by atoms with van der Waals surface area (Å²) in [5.74, 6) is -1.85. The molecule has 0 radical (unpaired) electrons. The lowest BCUT2D eigenvalue weighted by Gasteiger charge is -2.27. The van der Waals surface area contributed by atoms with Crippen molar-refractivity contribution in [3.63, 3.8) is 0 Å². The van der Waals surface area contributed by atoms with Crippen LogP contribution in [0, 0.1) is 0 Å². The molecule has 1 aliphatic heterocycles. The third-order valence-electron chi connectivity index (χ3n) is 3.44. The number of furan rings is 1. The first-order chi connectivity index (χ1) is 11.0. The van der Waals surface area contributed by atoms with Crippen molar-refractivity contribution in [3.05, 3.63) is 46.7 Å². The monoisotopic (exact) mass is 319 g/mol. The molecule has 0 amide bonds. The zero-order valence-corrected chi connectivity index (χ0v) is 13.0. The minimum atomic E-state index is -0.877. The van der Waals surface area contributed by atoms with Gasteiger partial charge in [-0.15, -0.1) is 0 Å². The fourth-order valence-corrected chi connectivity index (χ4v) is 2.50. The number of ether oxygens (including phenoxy) is 2. The molecule has 2 heterocycles. The number of allylic oxidation sites excluding steroid dienone is 2. The highest BCUT2D eigenvalue weighted by Crippen LogP contribution is 2.38. The molecule has 1 atom stereocenters. The van der Waals surface area contributed by atoms with Gasteiger partial charge in [0.1, 0.15) is 5.76 Å². The molecule has 7 nitrogen and oxygen atoms in total. The molecule has 1 aromatic rings. The zero-order chi connectivity index (χ0) is 17.0. The number of esters is 2. The van der Waals surface area contributed by atoms with Crippen molar-refractivity contribution < 1.29 is 28.3 Å². The molecule has 0 saturated carbocycles. The summed E-state index contributed by atoms with van der Waals surface area (Å²) in [6.45, 7) is 3.48. The van der Waals surface area contributed by atoms with Crippen LogP contribution in [-0.4, -0.2) is 31.9 Å². The second kappa shape index (κ2) is 6.95. The van der Waals surface area contributed by atoms with E-state index in [0.29, 0.717) is 17.7 Å². The van der Waals surface area contributed by atoms with E-state index >= 15 is 0 Å². The maximum Gasteiger partial charge on any atom is 0.337 e. The number of carbonyl (C=O) groups is 3. The molecule has 7 heteroatoms. The molecule has 1 aromatic heterocycles. The van der Waals surface area contributed by atoms with Crippen LogP contribution in [0.2, 0.25) is 0 Å². The van der Waals surface area contributed by atoms with E-state index in [1.54, 1.807) is 26.0 Å². The van der Waals surface area contributed by atoms with Gasteiger partial charge in [-0.25, -0.2) is 9.59 Å². The van der Waals surface area contributed by atoms with Crippen LogP contribution in [0.15, 0.2) is 45.4 Å². The van der Waals surface area contributed by atoms with Crippen LogP contribution in [-0.2, 0) is 23.9 Å². The van der Waals surface area contributed by atoms with Gasteiger partial charge in [-0.05, 0) is 26.0 Å². The van der Waals surface area contributed by atoms with E-state index < -0.39 is 17.9 Å². The lowest BCUT2D eigenvalue weighted by atomic mass is 9.83. The number of aldehydes is 1.